The number of likely N-dealkylation sites (tertiary alicyclic amines) is 1. The lowest BCUT2D eigenvalue weighted by Crippen LogP contribution is -2.20. The quantitative estimate of drug-likeness (QED) is 0.580. The minimum absolute atomic E-state index is 0.985. The van der Waals surface area contributed by atoms with Gasteiger partial charge in [-0.05, 0) is 68.9 Å². The maximum atomic E-state index is 3.38. The van der Waals surface area contributed by atoms with Gasteiger partial charge in [-0.2, -0.15) is 0 Å². The summed E-state index contributed by atoms with van der Waals surface area (Å²) in [6, 6.07) is 8.94. The van der Waals surface area contributed by atoms with Crippen LogP contribution in [0.5, 0.6) is 0 Å². The monoisotopic (exact) mass is 278 g/mol. The van der Waals surface area contributed by atoms with E-state index < -0.39 is 0 Å². The molecule has 0 unspecified atom stereocenters. The molecule has 1 aromatic carbocycles. The summed E-state index contributed by atoms with van der Waals surface area (Å²) in [6.07, 6.45) is 4.11. The third-order valence-corrected chi connectivity index (χ3v) is 4.64. The predicted octanol–water partition coefficient (Wildman–Crippen LogP) is 3.37. The first-order chi connectivity index (χ1) is 9.38. The van der Waals surface area contributed by atoms with E-state index in [-0.39, 0.29) is 0 Å². The highest BCUT2D eigenvalue weighted by molar-refractivity contribution is 7.99. The molecule has 0 amide bonds. The zero-order valence-corrected chi connectivity index (χ0v) is 12.8. The van der Waals surface area contributed by atoms with Crippen molar-refractivity contribution in [3.8, 4) is 0 Å². The van der Waals surface area contributed by atoms with Crippen molar-refractivity contribution in [3.63, 3.8) is 0 Å². The summed E-state index contributed by atoms with van der Waals surface area (Å²) in [4.78, 5) is 4.01. The average molecular weight is 278 g/mol. The molecule has 106 valence electrons. The van der Waals surface area contributed by atoms with Gasteiger partial charge in [0.15, 0.2) is 0 Å². The van der Waals surface area contributed by atoms with Crippen LogP contribution in [0, 0.1) is 0 Å². The fourth-order valence-corrected chi connectivity index (χ4v) is 3.42. The highest BCUT2D eigenvalue weighted by atomic mass is 32.2. The molecule has 1 heterocycles. The minimum atomic E-state index is 0.985. The second-order valence-electron chi connectivity index (χ2n) is 5.18. The van der Waals surface area contributed by atoms with Crippen molar-refractivity contribution in [1.29, 1.82) is 0 Å². The molecular formula is C16H26N2S. The molecule has 0 saturated carbocycles. The molecule has 2 nitrogen and oxygen atoms in total. The van der Waals surface area contributed by atoms with Crippen molar-refractivity contribution in [2.45, 2.75) is 37.6 Å². The standard InChI is InChI=1S/C16H26N2S/c1-2-17-14-15-7-5-8-16(13-15)19-12-6-11-18-9-3-4-10-18/h5,7-8,13,17H,2-4,6,9-12,14H2,1H3. The van der Waals surface area contributed by atoms with Gasteiger partial charge in [0.25, 0.3) is 0 Å². The maximum absolute atomic E-state index is 3.38. The van der Waals surface area contributed by atoms with Crippen LogP contribution >= 0.6 is 11.8 Å². The van der Waals surface area contributed by atoms with Crippen LogP contribution in [0.15, 0.2) is 29.2 Å². The van der Waals surface area contributed by atoms with Gasteiger partial charge in [-0.25, -0.2) is 0 Å². The number of benzene rings is 1. The Labute approximate surface area is 122 Å². The zero-order valence-electron chi connectivity index (χ0n) is 12.0. The molecule has 1 N–H and O–H groups in total. The molecule has 2 rings (SSSR count). The number of hydrogen-bond acceptors (Lipinski definition) is 3. The maximum Gasteiger partial charge on any atom is 0.0205 e. The van der Waals surface area contributed by atoms with E-state index >= 15 is 0 Å². The van der Waals surface area contributed by atoms with E-state index in [4.69, 9.17) is 0 Å². The SMILES string of the molecule is CCNCc1cccc(SCCCN2CCCC2)c1. The Balaban J connectivity index is 1.66. The van der Waals surface area contributed by atoms with Crippen LogP contribution in [-0.2, 0) is 6.54 Å². The van der Waals surface area contributed by atoms with Crippen LogP contribution in [0.1, 0.15) is 31.7 Å². The molecule has 1 aliphatic rings. The first-order valence-corrected chi connectivity index (χ1v) is 8.52. The van der Waals surface area contributed by atoms with E-state index in [0.29, 0.717) is 0 Å². The third kappa shape index (κ3) is 5.55. The topological polar surface area (TPSA) is 15.3 Å². The van der Waals surface area contributed by atoms with Crippen molar-refractivity contribution >= 4 is 11.8 Å². The fraction of sp³-hybridized carbons (Fsp3) is 0.625. The second kappa shape index (κ2) is 8.62. The Morgan fingerprint density at radius 3 is 2.89 bits per heavy atom. The molecule has 0 aliphatic carbocycles. The highest BCUT2D eigenvalue weighted by Gasteiger charge is 2.10. The van der Waals surface area contributed by atoms with Gasteiger partial charge >= 0.3 is 0 Å². The first-order valence-electron chi connectivity index (χ1n) is 7.53. The van der Waals surface area contributed by atoms with Crippen LogP contribution in [0.3, 0.4) is 0 Å². The van der Waals surface area contributed by atoms with E-state index in [2.05, 4.69) is 41.4 Å². The smallest absolute Gasteiger partial charge is 0.0205 e. The fourth-order valence-electron chi connectivity index (χ4n) is 2.50. The molecule has 19 heavy (non-hydrogen) atoms. The molecule has 1 aromatic rings. The number of hydrogen-bond donors (Lipinski definition) is 1. The van der Waals surface area contributed by atoms with Crippen LogP contribution in [0.2, 0.25) is 0 Å². The Morgan fingerprint density at radius 2 is 2.11 bits per heavy atom. The summed E-state index contributed by atoms with van der Waals surface area (Å²) in [5.41, 5.74) is 1.39. The van der Waals surface area contributed by atoms with Crippen LogP contribution in [0.25, 0.3) is 0 Å². The molecule has 1 fully saturated rings. The molecular weight excluding hydrogens is 252 g/mol. The lowest BCUT2D eigenvalue weighted by Gasteiger charge is -2.13. The summed E-state index contributed by atoms with van der Waals surface area (Å²) in [5, 5.41) is 3.38. The Bertz CT molecular complexity index is 362. The van der Waals surface area contributed by atoms with Gasteiger partial charge in [-0.1, -0.05) is 19.1 Å². The summed E-state index contributed by atoms with van der Waals surface area (Å²) in [7, 11) is 0. The summed E-state index contributed by atoms with van der Waals surface area (Å²) < 4.78 is 0. The second-order valence-corrected chi connectivity index (χ2v) is 6.35. The summed E-state index contributed by atoms with van der Waals surface area (Å²) in [6.45, 7) is 8.10. The van der Waals surface area contributed by atoms with Gasteiger partial charge in [0, 0.05) is 11.4 Å². The zero-order chi connectivity index (χ0) is 13.3. The van der Waals surface area contributed by atoms with Gasteiger partial charge in [-0.3, -0.25) is 0 Å². The molecule has 0 spiro atoms. The first kappa shape index (κ1) is 14.9. The molecule has 1 saturated heterocycles. The third-order valence-electron chi connectivity index (χ3n) is 3.56. The van der Waals surface area contributed by atoms with E-state index in [9.17, 15) is 0 Å². The lowest BCUT2D eigenvalue weighted by atomic mass is 10.2. The predicted molar refractivity (Wildman–Crippen MR) is 84.8 cm³/mol. The van der Waals surface area contributed by atoms with E-state index in [0.717, 1.165) is 13.1 Å². The number of rotatable bonds is 8. The number of thioether (sulfide) groups is 1. The minimum Gasteiger partial charge on any atom is -0.313 e. The van der Waals surface area contributed by atoms with Crippen LogP contribution < -0.4 is 5.32 Å². The molecule has 3 heteroatoms. The molecule has 0 aromatic heterocycles. The number of nitrogens with zero attached hydrogens (tertiary/aromatic N) is 1. The van der Waals surface area contributed by atoms with Crippen molar-refractivity contribution in [2.24, 2.45) is 0 Å². The van der Waals surface area contributed by atoms with Gasteiger partial charge < -0.3 is 10.2 Å². The average Bonchev–Trinajstić information content (AvgIpc) is 2.95. The van der Waals surface area contributed by atoms with Crippen molar-refractivity contribution in [2.75, 3.05) is 31.9 Å². The number of nitrogens with one attached hydrogen (secondary N) is 1. The highest BCUT2D eigenvalue weighted by Crippen LogP contribution is 2.20. The Kier molecular flexibility index (Phi) is 6.75. The van der Waals surface area contributed by atoms with Gasteiger partial charge in [-0.15, -0.1) is 11.8 Å². The van der Waals surface area contributed by atoms with Crippen molar-refractivity contribution < 1.29 is 0 Å². The van der Waals surface area contributed by atoms with Crippen molar-refractivity contribution in [1.82, 2.24) is 10.2 Å². The summed E-state index contributed by atoms with van der Waals surface area (Å²) in [5.74, 6) is 1.24. The van der Waals surface area contributed by atoms with E-state index in [1.807, 2.05) is 11.8 Å². The van der Waals surface area contributed by atoms with Crippen LogP contribution in [0.4, 0.5) is 0 Å². The summed E-state index contributed by atoms with van der Waals surface area (Å²) >= 11 is 2.00. The molecule has 0 atom stereocenters. The molecule has 1 aliphatic heterocycles. The van der Waals surface area contributed by atoms with Crippen LogP contribution in [-0.4, -0.2) is 36.8 Å². The van der Waals surface area contributed by atoms with Gasteiger partial charge in [0.2, 0.25) is 0 Å². The van der Waals surface area contributed by atoms with Crippen molar-refractivity contribution in [3.05, 3.63) is 29.8 Å². The Hall–Kier alpha value is -0.510. The molecule has 0 bridgehead atoms. The van der Waals surface area contributed by atoms with E-state index in [1.54, 1.807) is 0 Å². The largest absolute Gasteiger partial charge is 0.313 e. The normalized spacial score (nSPS) is 16.1. The Morgan fingerprint density at radius 1 is 1.26 bits per heavy atom. The van der Waals surface area contributed by atoms with Gasteiger partial charge in [0.05, 0.1) is 0 Å². The molecule has 0 radical (unpaired) electrons. The van der Waals surface area contributed by atoms with Gasteiger partial charge in [0.1, 0.15) is 0 Å². The lowest BCUT2D eigenvalue weighted by molar-refractivity contribution is 0.341. The van der Waals surface area contributed by atoms with E-state index in [1.165, 1.54) is 55.1 Å².